The van der Waals surface area contributed by atoms with Gasteiger partial charge in [-0.1, -0.05) is 6.07 Å². The van der Waals surface area contributed by atoms with Gasteiger partial charge in [-0.25, -0.2) is 0 Å². The van der Waals surface area contributed by atoms with Crippen LogP contribution in [0, 0.1) is 0 Å². The average Bonchev–Trinajstić information content (AvgIpc) is 2.41. The molecule has 0 aliphatic rings. The van der Waals surface area contributed by atoms with Gasteiger partial charge in [0.1, 0.15) is 0 Å². The lowest BCUT2D eigenvalue weighted by Crippen LogP contribution is -2.42. The summed E-state index contributed by atoms with van der Waals surface area (Å²) in [7, 11) is 1.64. The van der Waals surface area contributed by atoms with Crippen molar-refractivity contribution in [3.8, 4) is 0 Å². The third-order valence-electron chi connectivity index (χ3n) is 2.76. The Morgan fingerprint density at radius 3 is 2.84 bits per heavy atom. The van der Waals surface area contributed by atoms with Crippen LogP contribution in [0.3, 0.4) is 0 Å². The molecule has 1 aromatic rings. The van der Waals surface area contributed by atoms with E-state index in [1.807, 2.05) is 36.9 Å². The predicted octanol–water partition coefficient (Wildman–Crippen LogP) is 1.05. The number of amides is 1. The molecule has 106 valence electrons. The van der Waals surface area contributed by atoms with Crippen LogP contribution in [0.4, 0.5) is 0 Å². The Balaban J connectivity index is 2.50. The molecule has 0 fully saturated rings. The number of carbonyl (C=O) groups excluding carboxylic acids is 1. The molecule has 0 unspecified atom stereocenters. The molecule has 0 saturated carbocycles. The van der Waals surface area contributed by atoms with Crippen LogP contribution in [-0.4, -0.2) is 48.6 Å². The van der Waals surface area contributed by atoms with Crippen LogP contribution in [0.25, 0.3) is 0 Å². The Kier molecular flexibility index (Phi) is 7.07. The van der Waals surface area contributed by atoms with Crippen LogP contribution in [0.5, 0.6) is 0 Å². The fourth-order valence-electron chi connectivity index (χ4n) is 1.70. The summed E-state index contributed by atoms with van der Waals surface area (Å²) in [6.45, 7) is 6.18. The highest BCUT2D eigenvalue weighted by Gasteiger charge is 2.17. The largest absolute Gasteiger partial charge is 0.383 e. The highest BCUT2D eigenvalue weighted by Crippen LogP contribution is 2.06. The number of rotatable bonds is 8. The van der Waals surface area contributed by atoms with Crippen LogP contribution in [0.2, 0.25) is 0 Å². The molecule has 1 N–H and O–H groups in total. The summed E-state index contributed by atoms with van der Waals surface area (Å²) in [6, 6.07) is 5.89. The number of carbonyl (C=O) groups is 1. The van der Waals surface area contributed by atoms with Crippen molar-refractivity contribution in [2.75, 3.05) is 26.8 Å². The maximum Gasteiger partial charge on any atom is 0.237 e. The summed E-state index contributed by atoms with van der Waals surface area (Å²) in [5, 5.41) is 3.07. The minimum atomic E-state index is 0.0803. The topological polar surface area (TPSA) is 54.5 Å². The molecule has 0 radical (unpaired) electrons. The van der Waals surface area contributed by atoms with E-state index in [9.17, 15) is 4.79 Å². The Bertz CT molecular complexity index is 368. The number of pyridine rings is 1. The van der Waals surface area contributed by atoms with Crippen LogP contribution >= 0.6 is 0 Å². The molecule has 1 amide bonds. The second-order valence-electron chi connectivity index (χ2n) is 4.61. The number of aromatic nitrogens is 1. The number of methoxy groups -OCH3 is 1. The first-order valence-electron chi connectivity index (χ1n) is 6.54. The molecule has 0 spiro atoms. The third-order valence-corrected chi connectivity index (χ3v) is 2.76. The third kappa shape index (κ3) is 5.81. The molecular weight excluding hydrogens is 242 g/mol. The molecule has 0 aliphatic heterocycles. The van der Waals surface area contributed by atoms with Crippen molar-refractivity contribution in [2.45, 2.75) is 26.4 Å². The van der Waals surface area contributed by atoms with Gasteiger partial charge in [0.15, 0.2) is 0 Å². The lowest BCUT2D eigenvalue weighted by Gasteiger charge is -2.26. The van der Waals surface area contributed by atoms with Gasteiger partial charge in [0.05, 0.1) is 25.4 Å². The molecule has 5 heteroatoms. The number of hydrogen-bond donors (Lipinski definition) is 1. The van der Waals surface area contributed by atoms with Gasteiger partial charge in [-0.3, -0.25) is 9.78 Å². The van der Waals surface area contributed by atoms with E-state index in [-0.39, 0.29) is 11.9 Å². The van der Waals surface area contributed by atoms with Crippen molar-refractivity contribution in [2.24, 2.45) is 0 Å². The molecule has 0 aromatic carbocycles. The van der Waals surface area contributed by atoms with Gasteiger partial charge in [0, 0.05) is 25.9 Å². The molecule has 0 aliphatic carbocycles. The van der Waals surface area contributed by atoms with E-state index in [0.717, 1.165) is 5.69 Å². The average molecular weight is 265 g/mol. The van der Waals surface area contributed by atoms with E-state index >= 15 is 0 Å². The first-order valence-corrected chi connectivity index (χ1v) is 6.54. The minimum Gasteiger partial charge on any atom is -0.383 e. The van der Waals surface area contributed by atoms with Crippen molar-refractivity contribution in [1.29, 1.82) is 0 Å². The van der Waals surface area contributed by atoms with Crippen LogP contribution in [0.15, 0.2) is 24.4 Å². The Morgan fingerprint density at radius 2 is 2.26 bits per heavy atom. The van der Waals surface area contributed by atoms with E-state index < -0.39 is 0 Å². The first kappa shape index (κ1) is 15.6. The Hall–Kier alpha value is -1.46. The predicted molar refractivity (Wildman–Crippen MR) is 74.7 cm³/mol. The lowest BCUT2D eigenvalue weighted by molar-refractivity contribution is -0.132. The van der Waals surface area contributed by atoms with Gasteiger partial charge in [-0.05, 0) is 26.0 Å². The molecule has 0 saturated heterocycles. The monoisotopic (exact) mass is 265 g/mol. The van der Waals surface area contributed by atoms with Gasteiger partial charge in [0.25, 0.3) is 0 Å². The van der Waals surface area contributed by atoms with Crippen LogP contribution in [0.1, 0.15) is 19.5 Å². The molecule has 0 atom stereocenters. The quantitative estimate of drug-likeness (QED) is 0.714. The van der Waals surface area contributed by atoms with Crippen molar-refractivity contribution >= 4 is 5.91 Å². The van der Waals surface area contributed by atoms with Crippen molar-refractivity contribution < 1.29 is 9.53 Å². The molecular formula is C14H23N3O2. The second-order valence-corrected chi connectivity index (χ2v) is 4.61. The number of hydrogen-bond acceptors (Lipinski definition) is 4. The van der Waals surface area contributed by atoms with E-state index in [1.165, 1.54) is 0 Å². The van der Waals surface area contributed by atoms with Gasteiger partial charge in [0.2, 0.25) is 5.91 Å². The summed E-state index contributed by atoms with van der Waals surface area (Å²) >= 11 is 0. The summed E-state index contributed by atoms with van der Waals surface area (Å²) < 4.78 is 4.93. The second kappa shape index (κ2) is 8.61. The molecule has 1 heterocycles. The number of nitrogens with zero attached hydrogens (tertiary/aromatic N) is 2. The Labute approximate surface area is 115 Å². The summed E-state index contributed by atoms with van der Waals surface area (Å²) in [5.74, 6) is 0.0803. The number of nitrogens with one attached hydrogen (secondary N) is 1. The van der Waals surface area contributed by atoms with Crippen molar-refractivity contribution in [3.63, 3.8) is 0 Å². The first-order chi connectivity index (χ1) is 9.15. The normalized spacial score (nSPS) is 10.7. The van der Waals surface area contributed by atoms with Gasteiger partial charge < -0.3 is 15.0 Å². The smallest absolute Gasteiger partial charge is 0.237 e. The number of ether oxygens (including phenoxy) is 1. The molecule has 5 nitrogen and oxygen atoms in total. The van der Waals surface area contributed by atoms with E-state index in [4.69, 9.17) is 4.74 Å². The SMILES string of the molecule is COCCNCC(=O)N(Cc1ccccn1)C(C)C. The zero-order valence-corrected chi connectivity index (χ0v) is 11.9. The van der Waals surface area contributed by atoms with Crippen LogP contribution < -0.4 is 5.32 Å². The minimum absolute atomic E-state index is 0.0803. The van der Waals surface area contributed by atoms with E-state index in [1.54, 1.807) is 13.3 Å². The fraction of sp³-hybridized carbons (Fsp3) is 0.571. The van der Waals surface area contributed by atoms with Crippen molar-refractivity contribution in [1.82, 2.24) is 15.2 Å². The fourth-order valence-corrected chi connectivity index (χ4v) is 1.70. The van der Waals surface area contributed by atoms with Gasteiger partial charge in [-0.2, -0.15) is 0 Å². The maximum atomic E-state index is 12.1. The highest BCUT2D eigenvalue weighted by atomic mass is 16.5. The van der Waals surface area contributed by atoms with Gasteiger partial charge >= 0.3 is 0 Å². The summed E-state index contributed by atoms with van der Waals surface area (Å²) in [4.78, 5) is 18.2. The van der Waals surface area contributed by atoms with Gasteiger partial charge in [-0.15, -0.1) is 0 Å². The zero-order valence-electron chi connectivity index (χ0n) is 11.9. The standard InChI is InChI=1S/C14H23N3O2/c1-12(2)17(11-13-6-4-5-7-16-13)14(18)10-15-8-9-19-3/h4-7,12,15H,8-11H2,1-3H3. The molecule has 0 bridgehead atoms. The summed E-state index contributed by atoms with van der Waals surface area (Å²) in [6.07, 6.45) is 1.75. The molecule has 19 heavy (non-hydrogen) atoms. The zero-order chi connectivity index (χ0) is 14.1. The van der Waals surface area contributed by atoms with Crippen LogP contribution in [-0.2, 0) is 16.1 Å². The molecule has 1 rings (SSSR count). The van der Waals surface area contributed by atoms with Crippen molar-refractivity contribution in [3.05, 3.63) is 30.1 Å². The van der Waals surface area contributed by atoms with E-state index in [0.29, 0.717) is 26.2 Å². The van der Waals surface area contributed by atoms with E-state index in [2.05, 4.69) is 10.3 Å². The lowest BCUT2D eigenvalue weighted by atomic mass is 10.2. The Morgan fingerprint density at radius 1 is 1.47 bits per heavy atom. The highest BCUT2D eigenvalue weighted by molar-refractivity contribution is 5.78. The molecule has 1 aromatic heterocycles. The summed E-state index contributed by atoms with van der Waals surface area (Å²) in [5.41, 5.74) is 0.904. The maximum absolute atomic E-state index is 12.1.